The Morgan fingerprint density at radius 1 is 1.10 bits per heavy atom. The van der Waals surface area contributed by atoms with Crippen molar-refractivity contribution in [2.75, 3.05) is 19.6 Å². The Hall–Kier alpha value is -0.640. The number of allylic oxidation sites excluding steroid dienone is 2. The number of fused-ring (bicyclic) bond motifs is 1. The van der Waals surface area contributed by atoms with Gasteiger partial charge in [0, 0.05) is 5.92 Å². The number of unbranched alkanes of at least 4 members (excludes halogenated alkanes) is 2. The summed E-state index contributed by atoms with van der Waals surface area (Å²) in [4.78, 5) is 2.51. The first-order chi connectivity index (χ1) is 14.1. The lowest BCUT2D eigenvalue weighted by molar-refractivity contribution is 0.120. The van der Waals surface area contributed by atoms with Crippen molar-refractivity contribution in [1.82, 2.24) is 4.90 Å². The lowest BCUT2D eigenvalue weighted by Crippen LogP contribution is -2.23. The summed E-state index contributed by atoms with van der Waals surface area (Å²) in [5.74, 6) is 1.78. The van der Waals surface area contributed by atoms with Gasteiger partial charge in [-0.3, -0.25) is 0 Å². The quantitative estimate of drug-likeness (QED) is 0.362. The zero-order valence-electron chi connectivity index (χ0n) is 18.9. The summed E-state index contributed by atoms with van der Waals surface area (Å²) in [5, 5.41) is 21.2. The molecule has 0 aromatic carbocycles. The largest absolute Gasteiger partial charge is 0.392 e. The minimum Gasteiger partial charge on any atom is -0.392 e. The second kappa shape index (κ2) is 11.7. The van der Waals surface area contributed by atoms with Crippen LogP contribution < -0.4 is 0 Å². The Balaban J connectivity index is 1.41. The summed E-state index contributed by atoms with van der Waals surface area (Å²) >= 11 is 0. The minimum atomic E-state index is -0.318. The van der Waals surface area contributed by atoms with Gasteiger partial charge in [0.15, 0.2) is 0 Å². The Bertz CT molecular complexity index is 533. The monoisotopic (exact) mass is 403 g/mol. The average Bonchev–Trinajstić information content (AvgIpc) is 3.26. The van der Waals surface area contributed by atoms with Crippen molar-refractivity contribution in [3.8, 4) is 0 Å². The molecule has 0 spiro atoms. The van der Waals surface area contributed by atoms with Crippen molar-refractivity contribution >= 4 is 0 Å². The molecule has 0 unspecified atom stereocenters. The van der Waals surface area contributed by atoms with Crippen molar-refractivity contribution in [3.63, 3.8) is 0 Å². The van der Waals surface area contributed by atoms with Gasteiger partial charge in [0.2, 0.25) is 0 Å². The van der Waals surface area contributed by atoms with E-state index in [0.29, 0.717) is 17.8 Å². The van der Waals surface area contributed by atoms with Gasteiger partial charge in [-0.25, -0.2) is 0 Å². The van der Waals surface area contributed by atoms with Crippen molar-refractivity contribution < 1.29 is 10.2 Å². The third-order valence-electron chi connectivity index (χ3n) is 7.98. The Labute approximate surface area is 179 Å². The minimum absolute atomic E-state index is 0.230. The summed E-state index contributed by atoms with van der Waals surface area (Å²) in [6.45, 7) is 8.06. The zero-order valence-corrected chi connectivity index (χ0v) is 18.9. The molecule has 0 heterocycles. The number of hydrogen-bond acceptors (Lipinski definition) is 3. The molecule has 3 aliphatic carbocycles. The van der Waals surface area contributed by atoms with Gasteiger partial charge in [0.25, 0.3) is 0 Å². The Kier molecular flexibility index (Phi) is 9.27. The van der Waals surface area contributed by atoms with Gasteiger partial charge in [0.05, 0.1) is 12.2 Å². The Morgan fingerprint density at radius 2 is 1.86 bits per heavy atom. The van der Waals surface area contributed by atoms with E-state index < -0.39 is 0 Å². The molecule has 2 N–H and O–H groups in total. The average molecular weight is 404 g/mol. The highest BCUT2D eigenvalue weighted by atomic mass is 16.3. The molecule has 3 nitrogen and oxygen atoms in total. The van der Waals surface area contributed by atoms with E-state index in [0.717, 1.165) is 38.8 Å². The van der Waals surface area contributed by atoms with E-state index in [-0.39, 0.29) is 18.1 Å². The smallest absolute Gasteiger partial charge is 0.0749 e. The third-order valence-corrected chi connectivity index (χ3v) is 7.98. The van der Waals surface area contributed by atoms with E-state index in [9.17, 15) is 10.2 Å². The summed E-state index contributed by atoms with van der Waals surface area (Å²) in [6, 6.07) is 0. The second-order valence-corrected chi connectivity index (χ2v) is 9.85. The molecule has 0 saturated heterocycles. The van der Waals surface area contributed by atoms with E-state index in [1.165, 1.54) is 51.5 Å². The molecule has 0 aliphatic heterocycles. The van der Waals surface area contributed by atoms with Crippen LogP contribution in [0, 0.1) is 23.7 Å². The van der Waals surface area contributed by atoms with E-state index in [1.807, 2.05) is 6.08 Å². The predicted molar refractivity (Wildman–Crippen MR) is 122 cm³/mol. The van der Waals surface area contributed by atoms with Crippen LogP contribution in [-0.4, -0.2) is 47.0 Å². The topological polar surface area (TPSA) is 43.7 Å². The standard InChI is InChI=1S/C26H45NO2/c1-3-27(4-2)16-10-6-7-11-20-17-22-19-26(29)23(24(22)18-20)14-15-25(28)21-12-8-5-9-13-21/h14-15,17,21-26,28-29H,3-13,16,18-19H2,1-2H3/b15-14+/t22-,23+,24-,25+,26+/m0/s1. The summed E-state index contributed by atoms with van der Waals surface area (Å²) < 4.78 is 0. The molecule has 0 aromatic heterocycles. The van der Waals surface area contributed by atoms with Gasteiger partial charge in [0.1, 0.15) is 0 Å². The lowest BCUT2D eigenvalue weighted by atomic mass is 9.83. The van der Waals surface area contributed by atoms with E-state index in [2.05, 4.69) is 30.9 Å². The van der Waals surface area contributed by atoms with Gasteiger partial charge in [-0.15, -0.1) is 0 Å². The molecule has 0 aromatic rings. The van der Waals surface area contributed by atoms with Crippen LogP contribution in [0.15, 0.2) is 23.8 Å². The number of hydrogen-bond donors (Lipinski definition) is 2. The maximum Gasteiger partial charge on any atom is 0.0749 e. The first-order valence-corrected chi connectivity index (χ1v) is 12.6. The highest BCUT2D eigenvalue weighted by Gasteiger charge is 2.43. The van der Waals surface area contributed by atoms with Crippen LogP contribution in [0.25, 0.3) is 0 Å². The molecule has 5 atom stereocenters. The van der Waals surface area contributed by atoms with Gasteiger partial charge >= 0.3 is 0 Å². The lowest BCUT2D eigenvalue weighted by Gasteiger charge is -2.25. The van der Waals surface area contributed by atoms with Gasteiger partial charge in [-0.05, 0) is 82.3 Å². The van der Waals surface area contributed by atoms with Gasteiger partial charge in [-0.2, -0.15) is 0 Å². The molecule has 2 saturated carbocycles. The fourth-order valence-electron chi connectivity index (χ4n) is 6.07. The molecule has 2 fully saturated rings. The second-order valence-electron chi connectivity index (χ2n) is 9.85. The molecule has 3 heteroatoms. The fourth-order valence-corrected chi connectivity index (χ4v) is 6.07. The van der Waals surface area contributed by atoms with Crippen LogP contribution in [0.4, 0.5) is 0 Å². The van der Waals surface area contributed by atoms with Crippen LogP contribution in [0.2, 0.25) is 0 Å². The normalized spacial score (nSPS) is 31.6. The van der Waals surface area contributed by atoms with Crippen molar-refractivity contribution in [1.29, 1.82) is 0 Å². The number of nitrogens with zero attached hydrogens (tertiary/aromatic N) is 1. The van der Waals surface area contributed by atoms with Crippen LogP contribution in [0.5, 0.6) is 0 Å². The number of aliphatic hydroxyl groups is 2. The molecule has 29 heavy (non-hydrogen) atoms. The SMILES string of the molecule is CCN(CC)CCCCCC1=C[C@H]2C[C@@H](O)[C@H](/C=C/[C@@H](O)C3CCCCC3)[C@H]2C1. The van der Waals surface area contributed by atoms with E-state index >= 15 is 0 Å². The third kappa shape index (κ3) is 6.42. The molecular weight excluding hydrogens is 358 g/mol. The van der Waals surface area contributed by atoms with Crippen molar-refractivity contribution in [2.45, 2.75) is 96.7 Å². The molecule has 166 valence electrons. The predicted octanol–water partition coefficient (Wildman–Crippen LogP) is 5.33. The maximum absolute atomic E-state index is 10.6. The summed E-state index contributed by atoms with van der Waals surface area (Å²) in [7, 11) is 0. The van der Waals surface area contributed by atoms with Crippen LogP contribution in [0.3, 0.4) is 0 Å². The number of aliphatic hydroxyl groups excluding tert-OH is 2. The van der Waals surface area contributed by atoms with Crippen LogP contribution in [0.1, 0.15) is 84.5 Å². The van der Waals surface area contributed by atoms with Crippen molar-refractivity contribution in [3.05, 3.63) is 23.8 Å². The fraction of sp³-hybridized carbons (Fsp3) is 0.846. The van der Waals surface area contributed by atoms with Gasteiger partial charge < -0.3 is 15.1 Å². The summed E-state index contributed by atoms with van der Waals surface area (Å²) in [5.41, 5.74) is 1.63. The highest BCUT2D eigenvalue weighted by Crippen LogP contribution is 2.48. The number of rotatable bonds is 11. The van der Waals surface area contributed by atoms with Gasteiger partial charge in [-0.1, -0.05) is 63.3 Å². The first kappa shape index (κ1) is 23.0. The molecule has 3 aliphatic rings. The van der Waals surface area contributed by atoms with Crippen LogP contribution in [-0.2, 0) is 0 Å². The first-order valence-electron chi connectivity index (χ1n) is 12.6. The molecule has 0 amide bonds. The van der Waals surface area contributed by atoms with E-state index in [1.54, 1.807) is 5.57 Å². The Morgan fingerprint density at radius 3 is 2.59 bits per heavy atom. The maximum atomic E-state index is 10.6. The molecular formula is C26H45NO2. The van der Waals surface area contributed by atoms with E-state index in [4.69, 9.17) is 0 Å². The van der Waals surface area contributed by atoms with Crippen molar-refractivity contribution in [2.24, 2.45) is 23.7 Å². The zero-order chi connectivity index (χ0) is 20.6. The summed E-state index contributed by atoms with van der Waals surface area (Å²) in [6.07, 6.45) is 19.5. The highest BCUT2D eigenvalue weighted by molar-refractivity contribution is 5.21. The van der Waals surface area contributed by atoms with Crippen LogP contribution >= 0.6 is 0 Å². The molecule has 3 rings (SSSR count). The molecule has 0 bridgehead atoms. The molecule has 0 radical (unpaired) electrons.